The first-order valence-corrected chi connectivity index (χ1v) is 5.54. The lowest BCUT2D eigenvalue weighted by molar-refractivity contribution is 0.422. The van der Waals surface area contributed by atoms with E-state index in [1.54, 1.807) is 12.1 Å². The first kappa shape index (κ1) is 11.6. The van der Waals surface area contributed by atoms with Gasteiger partial charge in [0.25, 0.3) is 0 Å². The molecule has 1 aliphatic rings. The largest absolute Gasteiger partial charge is 0.491 e. The van der Waals surface area contributed by atoms with Gasteiger partial charge >= 0.3 is 7.12 Å². The zero-order valence-corrected chi connectivity index (χ0v) is 8.99. The maximum atomic E-state index is 13.3. The molecule has 1 saturated heterocycles. The van der Waals surface area contributed by atoms with Gasteiger partial charge in [0.05, 0.1) is 0 Å². The van der Waals surface area contributed by atoms with E-state index in [2.05, 4.69) is 5.32 Å². The van der Waals surface area contributed by atoms with Gasteiger partial charge in [0.1, 0.15) is 5.82 Å². The van der Waals surface area contributed by atoms with E-state index in [9.17, 15) is 4.39 Å². The molecule has 0 saturated carbocycles. The van der Waals surface area contributed by atoms with Crippen LogP contribution < -0.4 is 10.8 Å². The van der Waals surface area contributed by atoms with Crippen molar-refractivity contribution < 1.29 is 14.4 Å². The minimum absolute atomic E-state index is 0.0315. The second-order valence-corrected chi connectivity index (χ2v) is 4.18. The Kier molecular flexibility index (Phi) is 3.58. The Morgan fingerprint density at radius 1 is 1.25 bits per heavy atom. The Balaban J connectivity index is 2.24. The lowest BCUT2D eigenvalue weighted by Gasteiger charge is -2.23. The van der Waals surface area contributed by atoms with Crippen LogP contribution in [0, 0.1) is 5.82 Å². The fraction of sp³-hybridized carbons (Fsp3) is 0.455. The van der Waals surface area contributed by atoms with E-state index in [0.717, 1.165) is 31.5 Å². The first-order chi connectivity index (χ1) is 7.68. The van der Waals surface area contributed by atoms with Crippen LogP contribution in [0.3, 0.4) is 0 Å². The van der Waals surface area contributed by atoms with E-state index < -0.39 is 12.9 Å². The highest BCUT2D eigenvalue weighted by Crippen LogP contribution is 2.24. The van der Waals surface area contributed by atoms with E-state index in [0.29, 0.717) is 5.92 Å². The average Bonchev–Trinajstić information content (AvgIpc) is 2.30. The van der Waals surface area contributed by atoms with Crippen LogP contribution in [-0.2, 0) is 0 Å². The fourth-order valence-corrected chi connectivity index (χ4v) is 2.17. The molecule has 0 atom stereocenters. The van der Waals surface area contributed by atoms with Gasteiger partial charge in [0.2, 0.25) is 0 Å². The van der Waals surface area contributed by atoms with Gasteiger partial charge < -0.3 is 15.4 Å². The van der Waals surface area contributed by atoms with E-state index in [1.807, 2.05) is 0 Å². The summed E-state index contributed by atoms with van der Waals surface area (Å²) in [6.45, 7) is 1.91. The van der Waals surface area contributed by atoms with Crippen LogP contribution in [-0.4, -0.2) is 30.3 Å². The first-order valence-electron chi connectivity index (χ1n) is 5.54. The van der Waals surface area contributed by atoms with Crippen molar-refractivity contribution in [2.24, 2.45) is 0 Å². The molecule has 0 radical (unpaired) electrons. The molecule has 0 bridgehead atoms. The summed E-state index contributed by atoms with van der Waals surface area (Å²) < 4.78 is 13.3. The molecule has 1 aromatic rings. The Morgan fingerprint density at radius 3 is 2.56 bits per heavy atom. The average molecular weight is 223 g/mol. The highest BCUT2D eigenvalue weighted by molar-refractivity contribution is 6.58. The molecule has 0 aromatic heterocycles. The lowest BCUT2D eigenvalue weighted by atomic mass is 9.77. The van der Waals surface area contributed by atoms with Crippen LogP contribution in [0.2, 0.25) is 0 Å². The number of hydrogen-bond donors (Lipinski definition) is 3. The van der Waals surface area contributed by atoms with Crippen molar-refractivity contribution in [1.29, 1.82) is 0 Å². The summed E-state index contributed by atoms with van der Waals surface area (Å²) in [6, 6.07) is 4.61. The summed E-state index contributed by atoms with van der Waals surface area (Å²) in [4.78, 5) is 0. The van der Waals surface area contributed by atoms with Gasteiger partial charge in [0.15, 0.2) is 0 Å². The monoisotopic (exact) mass is 223 g/mol. The molecule has 0 spiro atoms. The third-order valence-corrected chi connectivity index (χ3v) is 3.11. The molecule has 0 unspecified atom stereocenters. The van der Waals surface area contributed by atoms with Crippen LogP contribution in [0.5, 0.6) is 0 Å². The predicted octanol–water partition coefficient (Wildman–Crippen LogP) is -0.0275. The molecular weight excluding hydrogens is 208 g/mol. The summed E-state index contributed by atoms with van der Waals surface area (Å²) in [5.74, 6) is -0.174. The summed E-state index contributed by atoms with van der Waals surface area (Å²) in [7, 11) is -1.73. The number of benzene rings is 1. The molecule has 0 amide bonds. The van der Waals surface area contributed by atoms with Crippen LogP contribution in [0.25, 0.3) is 0 Å². The van der Waals surface area contributed by atoms with Crippen LogP contribution in [0.1, 0.15) is 24.3 Å². The topological polar surface area (TPSA) is 52.5 Å². The van der Waals surface area contributed by atoms with E-state index in [1.165, 1.54) is 6.07 Å². The molecule has 1 fully saturated rings. The Labute approximate surface area is 94.4 Å². The molecule has 1 heterocycles. The van der Waals surface area contributed by atoms with Gasteiger partial charge in [-0.05, 0) is 43.5 Å². The number of hydrogen-bond acceptors (Lipinski definition) is 3. The molecular formula is C11H15BFNO2. The molecule has 5 heteroatoms. The van der Waals surface area contributed by atoms with Crippen molar-refractivity contribution >= 4 is 12.6 Å². The van der Waals surface area contributed by atoms with Gasteiger partial charge in [-0.2, -0.15) is 0 Å². The van der Waals surface area contributed by atoms with Crippen molar-refractivity contribution in [2.75, 3.05) is 13.1 Å². The fourth-order valence-electron chi connectivity index (χ4n) is 2.17. The van der Waals surface area contributed by atoms with Gasteiger partial charge in [-0.3, -0.25) is 0 Å². The van der Waals surface area contributed by atoms with Gasteiger partial charge in [-0.15, -0.1) is 0 Å². The molecule has 86 valence electrons. The third kappa shape index (κ3) is 2.43. The highest BCUT2D eigenvalue weighted by atomic mass is 19.1. The van der Waals surface area contributed by atoms with Crippen molar-refractivity contribution in [2.45, 2.75) is 18.8 Å². The van der Waals surface area contributed by atoms with Crippen molar-refractivity contribution in [3.8, 4) is 0 Å². The number of piperidine rings is 1. The SMILES string of the molecule is OB(O)c1cc(C2CCNCC2)ccc1F. The molecule has 1 aliphatic heterocycles. The quantitative estimate of drug-likeness (QED) is 0.617. The summed E-state index contributed by atoms with van der Waals surface area (Å²) in [5, 5.41) is 21.3. The molecule has 3 nitrogen and oxygen atoms in total. The molecule has 3 N–H and O–H groups in total. The van der Waals surface area contributed by atoms with Crippen LogP contribution in [0.15, 0.2) is 18.2 Å². The van der Waals surface area contributed by atoms with E-state index in [4.69, 9.17) is 10.0 Å². The van der Waals surface area contributed by atoms with Crippen molar-refractivity contribution in [1.82, 2.24) is 5.32 Å². The Morgan fingerprint density at radius 2 is 1.94 bits per heavy atom. The third-order valence-electron chi connectivity index (χ3n) is 3.11. The number of rotatable bonds is 2. The van der Waals surface area contributed by atoms with Gasteiger partial charge in [-0.1, -0.05) is 12.1 Å². The second-order valence-electron chi connectivity index (χ2n) is 4.18. The summed E-state index contributed by atoms with van der Waals surface area (Å²) >= 11 is 0. The minimum Gasteiger partial charge on any atom is -0.423 e. The molecule has 1 aromatic carbocycles. The lowest BCUT2D eigenvalue weighted by Crippen LogP contribution is -2.34. The Hall–Kier alpha value is -0.905. The van der Waals surface area contributed by atoms with Crippen LogP contribution >= 0.6 is 0 Å². The van der Waals surface area contributed by atoms with Crippen molar-refractivity contribution in [3.05, 3.63) is 29.6 Å². The smallest absolute Gasteiger partial charge is 0.423 e. The zero-order valence-electron chi connectivity index (χ0n) is 8.99. The highest BCUT2D eigenvalue weighted by Gasteiger charge is 2.20. The Bertz CT molecular complexity index is 367. The second kappa shape index (κ2) is 4.95. The normalized spacial score (nSPS) is 17.4. The molecule has 16 heavy (non-hydrogen) atoms. The van der Waals surface area contributed by atoms with E-state index >= 15 is 0 Å². The van der Waals surface area contributed by atoms with Crippen molar-refractivity contribution in [3.63, 3.8) is 0 Å². The summed E-state index contributed by atoms with van der Waals surface area (Å²) in [6.07, 6.45) is 2.01. The zero-order chi connectivity index (χ0) is 11.5. The number of halogens is 1. The maximum absolute atomic E-state index is 13.3. The predicted molar refractivity (Wildman–Crippen MR) is 61.1 cm³/mol. The summed E-state index contributed by atoms with van der Waals surface area (Å²) in [5.41, 5.74) is 0.960. The standard InChI is InChI=1S/C11H15BFNO2/c13-11-2-1-9(7-10(11)12(15)16)8-3-5-14-6-4-8/h1-2,7-8,14-16H,3-6H2. The maximum Gasteiger partial charge on any atom is 0.491 e. The number of nitrogens with one attached hydrogen (secondary N) is 1. The minimum atomic E-state index is -1.73. The van der Waals surface area contributed by atoms with Gasteiger partial charge in [-0.25, -0.2) is 4.39 Å². The van der Waals surface area contributed by atoms with E-state index in [-0.39, 0.29) is 5.46 Å². The molecule has 0 aliphatic carbocycles. The van der Waals surface area contributed by atoms with Crippen LogP contribution in [0.4, 0.5) is 4.39 Å². The molecule has 2 rings (SSSR count). The van der Waals surface area contributed by atoms with Gasteiger partial charge in [0, 0.05) is 5.46 Å².